The average Bonchev–Trinajstić information content (AvgIpc) is 3.18. The first-order valence-electron chi connectivity index (χ1n) is 9.90. The summed E-state index contributed by atoms with van der Waals surface area (Å²) in [6.07, 6.45) is 6.86. The summed E-state index contributed by atoms with van der Waals surface area (Å²) in [5.41, 5.74) is 0.811. The number of rotatable bonds is 9. The van der Waals surface area contributed by atoms with E-state index in [9.17, 15) is 9.59 Å². The number of nitrogens with zero attached hydrogens (tertiary/aromatic N) is 3. The zero-order valence-electron chi connectivity index (χ0n) is 17.2. The summed E-state index contributed by atoms with van der Waals surface area (Å²) in [5.74, 6) is 1.39. The summed E-state index contributed by atoms with van der Waals surface area (Å²) in [4.78, 5) is 28.7. The molecular formula is C22H27N5O3. The van der Waals surface area contributed by atoms with Gasteiger partial charge in [0.25, 0.3) is 0 Å². The second-order valence-electron chi connectivity index (χ2n) is 6.91. The molecule has 2 N–H and O–H groups in total. The van der Waals surface area contributed by atoms with Gasteiger partial charge < -0.3 is 24.5 Å². The summed E-state index contributed by atoms with van der Waals surface area (Å²) < 4.78 is 9.01. The van der Waals surface area contributed by atoms with Crippen molar-refractivity contribution in [1.29, 1.82) is 0 Å². The minimum Gasteiger partial charge on any atom is -0.496 e. The Kier molecular flexibility index (Phi) is 7.26. The monoisotopic (exact) mass is 409 g/mol. The number of carbonyl (C=O) groups excluding carboxylic acids is 1. The van der Waals surface area contributed by atoms with E-state index >= 15 is 0 Å². The van der Waals surface area contributed by atoms with Gasteiger partial charge in [0.2, 0.25) is 5.56 Å². The van der Waals surface area contributed by atoms with Crippen LogP contribution in [-0.4, -0.2) is 33.8 Å². The number of urea groups is 1. The first-order chi connectivity index (χ1) is 14.6. The molecule has 0 saturated carbocycles. The number of benzene rings is 1. The molecule has 158 valence electrons. The zero-order valence-corrected chi connectivity index (χ0v) is 17.2. The Bertz CT molecular complexity index is 1030. The fourth-order valence-electron chi connectivity index (χ4n) is 3.28. The lowest BCUT2D eigenvalue weighted by Crippen LogP contribution is -2.39. The van der Waals surface area contributed by atoms with E-state index < -0.39 is 6.04 Å². The first kappa shape index (κ1) is 21.2. The number of carbonyl (C=O) groups is 1. The van der Waals surface area contributed by atoms with Crippen molar-refractivity contribution in [1.82, 2.24) is 24.8 Å². The molecule has 3 rings (SSSR count). The van der Waals surface area contributed by atoms with Gasteiger partial charge in [0.15, 0.2) is 0 Å². The Morgan fingerprint density at radius 2 is 1.93 bits per heavy atom. The van der Waals surface area contributed by atoms with Gasteiger partial charge in [-0.1, -0.05) is 24.3 Å². The predicted octanol–water partition coefficient (Wildman–Crippen LogP) is 2.46. The van der Waals surface area contributed by atoms with Gasteiger partial charge in [0.05, 0.1) is 7.11 Å². The molecule has 0 radical (unpaired) electrons. The quantitative estimate of drug-likeness (QED) is 0.531. The van der Waals surface area contributed by atoms with Gasteiger partial charge in [-0.3, -0.25) is 4.79 Å². The van der Waals surface area contributed by atoms with Gasteiger partial charge in [-0.05, 0) is 25.0 Å². The Morgan fingerprint density at radius 1 is 1.13 bits per heavy atom. The summed E-state index contributed by atoms with van der Waals surface area (Å²) in [6.45, 7) is 1.13. The summed E-state index contributed by atoms with van der Waals surface area (Å²) >= 11 is 0. The lowest BCUT2D eigenvalue weighted by atomic mass is 10.0. The lowest BCUT2D eigenvalue weighted by molar-refractivity contribution is 0.237. The third kappa shape index (κ3) is 5.28. The zero-order chi connectivity index (χ0) is 21.3. The van der Waals surface area contributed by atoms with E-state index in [2.05, 4.69) is 15.6 Å². The highest BCUT2D eigenvalue weighted by Gasteiger charge is 2.23. The van der Waals surface area contributed by atoms with E-state index in [1.807, 2.05) is 48.1 Å². The molecular weight excluding hydrogens is 382 g/mol. The van der Waals surface area contributed by atoms with Crippen molar-refractivity contribution >= 4 is 6.03 Å². The third-order valence-electron chi connectivity index (χ3n) is 4.85. The number of imidazole rings is 1. The second-order valence-corrected chi connectivity index (χ2v) is 6.91. The number of methoxy groups -OCH3 is 1. The van der Waals surface area contributed by atoms with Crippen LogP contribution in [0.2, 0.25) is 0 Å². The van der Waals surface area contributed by atoms with Crippen LogP contribution in [0.3, 0.4) is 0 Å². The van der Waals surface area contributed by atoms with Crippen LogP contribution in [0.25, 0.3) is 0 Å². The van der Waals surface area contributed by atoms with Gasteiger partial charge in [-0.25, -0.2) is 9.78 Å². The van der Waals surface area contributed by atoms with Crippen LogP contribution in [0, 0.1) is 0 Å². The molecule has 0 aliphatic heterocycles. The molecule has 1 aromatic carbocycles. The van der Waals surface area contributed by atoms with Crippen LogP contribution < -0.4 is 20.9 Å². The van der Waals surface area contributed by atoms with Crippen LogP contribution in [0.5, 0.6) is 5.75 Å². The number of para-hydroxylation sites is 1. The van der Waals surface area contributed by atoms with Gasteiger partial charge in [-0.15, -0.1) is 0 Å². The molecule has 0 fully saturated rings. The summed E-state index contributed by atoms with van der Waals surface area (Å²) in [5, 5.41) is 5.89. The van der Waals surface area contributed by atoms with Crippen molar-refractivity contribution in [2.75, 3.05) is 13.7 Å². The van der Waals surface area contributed by atoms with Crippen molar-refractivity contribution in [3.05, 3.63) is 82.8 Å². The summed E-state index contributed by atoms with van der Waals surface area (Å²) in [6, 6.07) is 11.9. The van der Waals surface area contributed by atoms with Crippen LogP contribution in [-0.2, 0) is 13.6 Å². The maximum Gasteiger partial charge on any atom is 0.315 e. The number of unbranched alkanes of at least 4 members (excludes halogenated alkanes) is 1. The molecule has 0 saturated heterocycles. The van der Waals surface area contributed by atoms with E-state index in [1.54, 1.807) is 36.2 Å². The fourth-order valence-corrected chi connectivity index (χ4v) is 3.28. The highest BCUT2D eigenvalue weighted by atomic mass is 16.5. The van der Waals surface area contributed by atoms with Crippen molar-refractivity contribution in [3.63, 3.8) is 0 Å². The number of ether oxygens (including phenoxy) is 1. The Labute approximate surface area is 175 Å². The molecule has 1 unspecified atom stereocenters. The highest BCUT2D eigenvalue weighted by Crippen LogP contribution is 2.28. The molecule has 2 heterocycles. The van der Waals surface area contributed by atoms with Crippen molar-refractivity contribution < 1.29 is 9.53 Å². The van der Waals surface area contributed by atoms with Crippen LogP contribution in [0.4, 0.5) is 4.79 Å². The smallest absolute Gasteiger partial charge is 0.315 e. The molecule has 2 aromatic heterocycles. The number of pyridine rings is 1. The molecule has 8 nitrogen and oxygen atoms in total. The van der Waals surface area contributed by atoms with E-state index in [0.29, 0.717) is 24.7 Å². The summed E-state index contributed by atoms with van der Waals surface area (Å²) in [7, 11) is 3.49. The minimum absolute atomic E-state index is 0.0158. The molecule has 3 aromatic rings. The van der Waals surface area contributed by atoms with Gasteiger partial charge >= 0.3 is 6.03 Å². The van der Waals surface area contributed by atoms with E-state index in [1.165, 1.54) is 0 Å². The standard InChI is InChI=1S/C22H27N5O3/c1-26-16-13-23-21(26)20(17-9-3-4-10-18(17)30-2)25-22(29)24-12-6-8-15-27-14-7-5-11-19(27)28/h3-5,7,9-11,13-14,16,20H,6,8,12,15H2,1-2H3,(H2,24,25,29). The molecule has 8 heteroatoms. The number of aromatic nitrogens is 3. The van der Waals surface area contributed by atoms with E-state index in [-0.39, 0.29) is 11.6 Å². The van der Waals surface area contributed by atoms with Crippen LogP contribution in [0.1, 0.15) is 30.3 Å². The highest BCUT2D eigenvalue weighted by molar-refractivity contribution is 5.75. The molecule has 0 spiro atoms. The lowest BCUT2D eigenvalue weighted by Gasteiger charge is -2.21. The topological polar surface area (TPSA) is 90.2 Å². The number of hydrogen-bond donors (Lipinski definition) is 2. The van der Waals surface area contributed by atoms with Crippen molar-refractivity contribution in [2.24, 2.45) is 7.05 Å². The maximum absolute atomic E-state index is 12.6. The molecule has 0 bridgehead atoms. The Balaban J connectivity index is 1.58. The number of hydrogen-bond acceptors (Lipinski definition) is 4. The predicted molar refractivity (Wildman–Crippen MR) is 115 cm³/mol. The maximum atomic E-state index is 12.6. The van der Waals surface area contributed by atoms with Gasteiger partial charge in [-0.2, -0.15) is 0 Å². The van der Waals surface area contributed by atoms with Crippen molar-refractivity contribution in [3.8, 4) is 5.75 Å². The van der Waals surface area contributed by atoms with Gasteiger partial charge in [0, 0.05) is 50.4 Å². The third-order valence-corrected chi connectivity index (χ3v) is 4.85. The number of amides is 2. The second kappa shape index (κ2) is 10.3. The van der Waals surface area contributed by atoms with E-state index in [4.69, 9.17) is 4.74 Å². The molecule has 0 aliphatic carbocycles. The minimum atomic E-state index is -0.455. The largest absolute Gasteiger partial charge is 0.496 e. The molecule has 0 aliphatic rings. The van der Waals surface area contributed by atoms with Crippen LogP contribution in [0.15, 0.2) is 65.8 Å². The van der Waals surface area contributed by atoms with E-state index in [0.717, 1.165) is 18.4 Å². The molecule has 30 heavy (non-hydrogen) atoms. The average molecular weight is 409 g/mol. The van der Waals surface area contributed by atoms with Crippen molar-refractivity contribution in [2.45, 2.75) is 25.4 Å². The number of aryl methyl sites for hydroxylation is 2. The Hall–Kier alpha value is -3.55. The Morgan fingerprint density at radius 3 is 2.67 bits per heavy atom. The number of nitrogens with one attached hydrogen (secondary N) is 2. The fraction of sp³-hybridized carbons (Fsp3) is 0.318. The molecule has 2 amide bonds. The SMILES string of the molecule is COc1ccccc1C(NC(=O)NCCCCn1ccccc1=O)c1nccn1C. The molecule has 1 atom stereocenters. The van der Waals surface area contributed by atoms with Crippen LogP contribution >= 0.6 is 0 Å². The first-order valence-corrected chi connectivity index (χ1v) is 9.90. The normalized spacial score (nSPS) is 11.7. The van der Waals surface area contributed by atoms with Gasteiger partial charge in [0.1, 0.15) is 17.6 Å².